The molecule has 2 rings (SSSR count). The fourth-order valence-corrected chi connectivity index (χ4v) is 1.93. The highest BCUT2D eigenvalue weighted by atomic mass is 35.5. The van der Waals surface area contributed by atoms with Crippen molar-refractivity contribution in [3.63, 3.8) is 0 Å². The van der Waals surface area contributed by atoms with Gasteiger partial charge in [0, 0.05) is 12.2 Å². The number of nitrogens with zero attached hydrogens (tertiary/aromatic N) is 2. The van der Waals surface area contributed by atoms with Crippen LogP contribution < -0.4 is 16.4 Å². The van der Waals surface area contributed by atoms with Gasteiger partial charge in [0.15, 0.2) is 5.82 Å². The van der Waals surface area contributed by atoms with Crippen molar-refractivity contribution >= 4 is 34.9 Å². The predicted molar refractivity (Wildman–Crippen MR) is 106 cm³/mol. The van der Waals surface area contributed by atoms with Crippen LogP contribution in [-0.4, -0.2) is 21.7 Å². The summed E-state index contributed by atoms with van der Waals surface area (Å²) in [6, 6.07) is 7.44. The summed E-state index contributed by atoms with van der Waals surface area (Å²) in [6.45, 7) is 9.82. The first kappa shape index (κ1) is 21.5. The van der Waals surface area contributed by atoms with E-state index in [0.717, 1.165) is 11.3 Å². The number of carbonyl (C=O) groups excluding carboxylic acids is 1. The standard InChI is InChI=1S/C16H20ClN5O2.C2H6/c1-16(2,3)24-15(23)20-8-10-4-6-11(7-5-10)21-13-12(18)9-19-14(17)22-13;1-2/h4-7,9H,8,18H2,1-3H3,(H,20,23)(H,19,21,22);1-2H3. The van der Waals surface area contributed by atoms with E-state index < -0.39 is 11.7 Å². The molecule has 0 saturated carbocycles. The lowest BCUT2D eigenvalue weighted by Crippen LogP contribution is -2.32. The van der Waals surface area contributed by atoms with Crippen LogP contribution in [0.25, 0.3) is 0 Å². The Morgan fingerprint density at radius 1 is 1.23 bits per heavy atom. The highest BCUT2D eigenvalue weighted by Crippen LogP contribution is 2.21. The van der Waals surface area contributed by atoms with Gasteiger partial charge in [-0.3, -0.25) is 0 Å². The summed E-state index contributed by atoms with van der Waals surface area (Å²) < 4.78 is 5.18. The van der Waals surface area contributed by atoms with Crippen LogP contribution in [0.5, 0.6) is 0 Å². The van der Waals surface area contributed by atoms with Crippen LogP contribution in [0.1, 0.15) is 40.2 Å². The second kappa shape index (κ2) is 9.82. The molecule has 4 N–H and O–H groups in total. The number of amides is 1. The van der Waals surface area contributed by atoms with Crippen molar-refractivity contribution < 1.29 is 9.53 Å². The topological polar surface area (TPSA) is 102 Å². The monoisotopic (exact) mass is 379 g/mol. The predicted octanol–water partition coefficient (Wildman–Crippen LogP) is 4.51. The van der Waals surface area contributed by atoms with Crippen molar-refractivity contribution in [1.82, 2.24) is 15.3 Å². The molecule has 0 spiro atoms. The van der Waals surface area contributed by atoms with Crippen LogP contribution in [0.3, 0.4) is 0 Å². The van der Waals surface area contributed by atoms with Gasteiger partial charge in [-0.25, -0.2) is 9.78 Å². The highest BCUT2D eigenvalue weighted by molar-refractivity contribution is 6.28. The quantitative estimate of drug-likeness (QED) is 0.675. The van der Waals surface area contributed by atoms with Crippen LogP contribution in [0, 0.1) is 0 Å². The number of hydrogen-bond donors (Lipinski definition) is 3. The molecule has 26 heavy (non-hydrogen) atoms. The van der Waals surface area contributed by atoms with Crippen molar-refractivity contribution in [3.05, 3.63) is 41.3 Å². The zero-order valence-corrected chi connectivity index (χ0v) is 16.5. The molecular formula is C18H26ClN5O2. The maximum atomic E-state index is 11.6. The van der Waals surface area contributed by atoms with Crippen molar-refractivity contribution in [2.45, 2.75) is 46.8 Å². The molecule has 1 aromatic heterocycles. The minimum atomic E-state index is -0.517. The summed E-state index contributed by atoms with van der Waals surface area (Å²) in [5.74, 6) is 0.439. The molecule has 0 atom stereocenters. The van der Waals surface area contributed by atoms with Gasteiger partial charge in [-0.2, -0.15) is 4.98 Å². The fourth-order valence-electron chi connectivity index (χ4n) is 1.80. The first-order chi connectivity index (χ1) is 12.2. The van der Waals surface area contributed by atoms with Crippen LogP contribution in [0.4, 0.5) is 22.0 Å². The number of ether oxygens (including phenoxy) is 1. The molecule has 0 aliphatic rings. The average Bonchev–Trinajstić information content (AvgIpc) is 2.58. The molecular weight excluding hydrogens is 354 g/mol. The molecule has 0 unspecified atom stereocenters. The summed E-state index contributed by atoms with van der Waals surface area (Å²) in [5.41, 5.74) is 7.39. The molecule has 1 amide bonds. The number of anilines is 3. The van der Waals surface area contributed by atoms with Gasteiger partial charge < -0.3 is 21.1 Å². The number of nitrogens with two attached hydrogens (primary N) is 1. The molecule has 0 aliphatic heterocycles. The zero-order valence-electron chi connectivity index (χ0n) is 15.8. The fraction of sp³-hybridized carbons (Fsp3) is 0.389. The maximum Gasteiger partial charge on any atom is 0.407 e. The summed E-state index contributed by atoms with van der Waals surface area (Å²) in [7, 11) is 0. The van der Waals surface area contributed by atoms with Crippen molar-refractivity contribution in [2.75, 3.05) is 11.1 Å². The molecule has 0 saturated heterocycles. The number of carbonyl (C=O) groups is 1. The van der Waals surface area contributed by atoms with Crippen LogP contribution >= 0.6 is 11.6 Å². The maximum absolute atomic E-state index is 11.6. The highest BCUT2D eigenvalue weighted by Gasteiger charge is 2.15. The number of benzene rings is 1. The van der Waals surface area contributed by atoms with Gasteiger partial charge in [0.2, 0.25) is 5.28 Å². The Hall–Kier alpha value is -2.54. The van der Waals surface area contributed by atoms with Crippen LogP contribution in [0.15, 0.2) is 30.5 Å². The first-order valence-electron chi connectivity index (χ1n) is 8.34. The number of halogens is 1. The minimum absolute atomic E-state index is 0.116. The van der Waals surface area contributed by atoms with Gasteiger partial charge in [0.05, 0.1) is 11.9 Å². The Kier molecular flexibility index (Phi) is 8.12. The second-order valence-corrected chi connectivity index (χ2v) is 6.46. The van der Waals surface area contributed by atoms with E-state index >= 15 is 0 Å². The lowest BCUT2D eigenvalue weighted by atomic mass is 10.2. The van der Waals surface area contributed by atoms with Crippen LogP contribution in [0.2, 0.25) is 5.28 Å². The Bertz CT molecular complexity index is 715. The summed E-state index contributed by atoms with van der Waals surface area (Å²) in [5, 5.41) is 5.88. The lowest BCUT2D eigenvalue weighted by molar-refractivity contribution is 0.0523. The number of aromatic nitrogens is 2. The van der Waals surface area contributed by atoms with E-state index in [4.69, 9.17) is 22.1 Å². The average molecular weight is 380 g/mol. The molecule has 142 valence electrons. The molecule has 0 fully saturated rings. The third kappa shape index (κ3) is 7.57. The van der Waals surface area contributed by atoms with Gasteiger partial charge in [0.25, 0.3) is 0 Å². The molecule has 1 aromatic carbocycles. The molecule has 1 heterocycles. The van der Waals surface area contributed by atoms with Crippen molar-refractivity contribution in [1.29, 1.82) is 0 Å². The van der Waals surface area contributed by atoms with Gasteiger partial charge in [0.1, 0.15) is 5.60 Å². The Balaban J connectivity index is 0.00000163. The van der Waals surface area contributed by atoms with Crippen molar-refractivity contribution in [3.8, 4) is 0 Å². The smallest absolute Gasteiger partial charge is 0.407 e. The van der Waals surface area contributed by atoms with E-state index in [1.54, 1.807) is 0 Å². The largest absolute Gasteiger partial charge is 0.444 e. The Morgan fingerprint density at radius 3 is 2.42 bits per heavy atom. The molecule has 8 heteroatoms. The second-order valence-electron chi connectivity index (χ2n) is 6.12. The number of hydrogen-bond acceptors (Lipinski definition) is 6. The number of nitrogens with one attached hydrogen (secondary N) is 2. The minimum Gasteiger partial charge on any atom is -0.444 e. The van der Waals surface area contributed by atoms with E-state index in [2.05, 4.69) is 20.6 Å². The summed E-state index contributed by atoms with van der Waals surface area (Å²) >= 11 is 5.76. The van der Waals surface area contributed by atoms with Gasteiger partial charge in [-0.05, 0) is 50.1 Å². The van der Waals surface area contributed by atoms with Crippen molar-refractivity contribution in [2.24, 2.45) is 0 Å². The third-order valence-electron chi connectivity index (χ3n) is 2.84. The van der Waals surface area contributed by atoms with E-state index in [0.29, 0.717) is 18.1 Å². The van der Waals surface area contributed by atoms with E-state index in [1.165, 1.54) is 6.20 Å². The SMILES string of the molecule is CC.CC(C)(C)OC(=O)NCc1ccc(Nc2nc(Cl)ncc2N)cc1. The van der Waals surface area contributed by atoms with E-state index in [1.807, 2.05) is 58.9 Å². The van der Waals surface area contributed by atoms with E-state index in [9.17, 15) is 4.79 Å². The van der Waals surface area contributed by atoms with Gasteiger partial charge in [-0.1, -0.05) is 26.0 Å². The third-order valence-corrected chi connectivity index (χ3v) is 3.02. The van der Waals surface area contributed by atoms with Gasteiger partial charge >= 0.3 is 6.09 Å². The zero-order chi connectivity index (χ0) is 19.7. The Morgan fingerprint density at radius 2 is 1.85 bits per heavy atom. The summed E-state index contributed by atoms with van der Waals surface area (Å²) in [4.78, 5) is 19.5. The van der Waals surface area contributed by atoms with E-state index in [-0.39, 0.29) is 5.28 Å². The summed E-state index contributed by atoms with van der Waals surface area (Å²) in [6.07, 6.45) is 0.990. The molecule has 0 aliphatic carbocycles. The lowest BCUT2D eigenvalue weighted by Gasteiger charge is -2.19. The normalized spacial score (nSPS) is 10.4. The molecule has 0 radical (unpaired) electrons. The number of rotatable bonds is 4. The van der Waals surface area contributed by atoms with Gasteiger partial charge in [-0.15, -0.1) is 0 Å². The molecule has 7 nitrogen and oxygen atoms in total. The molecule has 0 bridgehead atoms. The molecule has 2 aromatic rings. The number of nitrogen functional groups attached to an aromatic ring is 1. The van der Waals surface area contributed by atoms with Crippen LogP contribution in [-0.2, 0) is 11.3 Å². The first-order valence-corrected chi connectivity index (χ1v) is 8.71. The Labute approximate surface area is 159 Å². The number of alkyl carbamates (subject to hydrolysis) is 1.